The number of carbonyl (C=O) groups excluding carboxylic acids is 1. The molecule has 1 aromatic carbocycles. The van der Waals surface area contributed by atoms with Gasteiger partial charge in [-0.3, -0.25) is 4.79 Å². The molecule has 15 heavy (non-hydrogen) atoms. The Morgan fingerprint density at radius 1 is 1.60 bits per heavy atom. The van der Waals surface area contributed by atoms with Crippen LogP contribution in [0.25, 0.3) is 0 Å². The van der Waals surface area contributed by atoms with Crippen LogP contribution in [-0.4, -0.2) is 12.0 Å². The van der Waals surface area contributed by atoms with E-state index < -0.39 is 0 Å². The molecule has 2 N–H and O–H groups in total. The molecule has 0 saturated heterocycles. The molecule has 1 aromatic rings. The first kappa shape index (κ1) is 10.5. The largest absolute Gasteiger partial charge is 0.490 e. The van der Waals surface area contributed by atoms with Gasteiger partial charge in [-0.25, -0.2) is 0 Å². The van der Waals surface area contributed by atoms with Gasteiger partial charge in [0.2, 0.25) is 5.91 Å². The molecule has 4 heteroatoms. The van der Waals surface area contributed by atoms with E-state index in [0.717, 1.165) is 16.6 Å². The number of carbonyl (C=O) groups is 1. The number of halogens is 1. The fraction of sp³-hybridized carbons (Fsp3) is 0.364. The van der Waals surface area contributed by atoms with Gasteiger partial charge < -0.3 is 10.5 Å². The molecule has 0 radical (unpaired) electrons. The van der Waals surface area contributed by atoms with Gasteiger partial charge in [-0.05, 0) is 24.6 Å². The molecule has 3 nitrogen and oxygen atoms in total. The smallest absolute Gasteiger partial charge is 0.217 e. The highest BCUT2D eigenvalue weighted by Crippen LogP contribution is 2.37. The van der Waals surface area contributed by atoms with Crippen molar-refractivity contribution >= 4 is 21.8 Å². The summed E-state index contributed by atoms with van der Waals surface area (Å²) in [6.07, 6.45) is 1.51. The average molecular weight is 270 g/mol. The molecule has 2 unspecified atom stereocenters. The number of ether oxygens (including phenoxy) is 1. The second-order valence-corrected chi connectivity index (χ2v) is 4.70. The maximum atomic E-state index is 10.7. The maximum Gasteiger partial charge on any atom is 0.217 e. The predicted molar refractivity (Wildman–Crippen MR) is 60.5 cm³/mol. The molecule has 2 rings (SSSR count). The van der Waals surface area contributed by atoms with E-state index in [9.17, 15) is 4.79 Å². The van der Waals surface area contributed by atoms with Gasteiger partial charge in [-0.15, -0.1) is 0 Å². The van der Waals surface area contributed by atoms with Crippen molar-refractivity contribution in [2.24, 2.45) is 11.7 Å². The Bertz CT molecular complexity index is 381. The Morgan fingerprint density at radius 3 is 3.07 bits per heavy atom. The third-order valence-electron chi connectivity index (χ3n) is 2.40. The Kier molecular flexibility index (Phi) is 2.95. The summed E-state index contributed by atoms with van der Waals surface area (Å²) in [6.45, 7) is 0. The van der Waals surface area contributed by atoms with Crippen molar-refractivity contribution in [2.45, 2.75) is 18.9 Å². The number of amides is 1. The van der Waals surface area contributed by atoms with Crippen molar-refractivity contribution < 1.29 is 9.53 Å². The second kappa shape index (κ2) is 4.23. The highest BCUT2D eigenvalue weighted by molar-refractivity contribution is 9.10. The van der Waals surface area contributed by atoms with E-state index in [4.69, 9.17) is 10.5 Å². The van der Waals surface area contributed by atoms with Crippen LogP contribution in [0.4, 0.5) is 0 Å². The molecule has 0 bridgehead atoms. The zero-order chi connectivity index (χ0) is 10.8. The average Bonchev–Trinajstić information content (AvgIpc) is 2.82. The number of primary amides is 1. The fourth-order valence-corrected chi connectivity index (χ4v) is 1.93. The molecule has 0 spiro atoms. The topological polar surface area (TPSA) is 52.3 Å². The van der Waals surface area contributed by atoms with E-state index in [2.05, 4.69) is 15.9 Å². The van der Waals surface area contributed by atoms with Crippen LogP contribution in [0, 0.1) is 5.92 Å². The Hall–Kier alpha value is -1.03. The van der Waals surface area contributed by atoms with Gasteiger partial charge in [0.1, 0.15) is 11.9 Å². The summed E-state index contributed by atoms with van der Waals surface area (Å²) in [5, 5.41) is 0. The molecule has 0 aliphatic heterocycles. The van der Waals surface area contributed by atoms with E-state index in [1.165, 1.54) is 0 Å². The normalized spacial score (nSPS) is 23.5. The number of rotatable bonds is 4. The van der Waals surface area contributed by atoms with Crippen molar-refractivity contribution in [1.29, 1.82) is 0 Å². The Labute approximate surface area is 96.7 Å². The van der Waals surface area contributed by atoms with E-state index in [1.807, 2.05) is 24.3 Å². The van der Waals surface area contributed by atoms with E-state index in [-0.39, 0.29) is 12.0 Å². The van der Waals surface area contributed by atoms with Gasteiger partial charge in [-0.1, -0.05) is 22.0 Å². The lowest BCUT2D eigenvalue weighted by Crippen LogP contribution is -2.13. The second-order valence-electron chi connectivity index (χ2n) is 3.78. The van der Waals surface area contributed by atoms with Crippen LogP contribution in [0.5, 0.6) is 5.75 Å². The first-order valence-electron chi connectivity index (χ1n) is 4.85. The lowest BCUT2D eigenvalue weighted by molar-refractivity contribution is -0.118. The van der Waals surface area contributed by atoms with Gasteiger partial charge in [0.25, 0.3) is 0 Å². The lowest BCUT2D eigenvalue weighted by Gasteiger charge is -2.05. The van der Waals surface area contributed by atoms with Crippen LogP contribution >= 0.6 is 15.9 Å². The first-order chi connectivity index (χ1) is 7.15. The summed E-state index contributed by atoms with van der Waals surface area (Å²) >= 11 is 3.37. The molecule has 1 aliphatic carbocycles. The van der Waals surface area contributed by atoms with Crippen molar-refractivity contribution in [3.05, 3.63) is 28.7 Å². The van der Waals surface area contributed by atoms with Crippen molar-refractivity contribution in [1.82, 2.24) is 0 Å². The van der Waals surface area contributed by atoms with Gasteiger partial charge in [0.15, 0.2) is 0 Å². The summed E-state index contributed by atoms with van der Waals surface area (Å²) in [4.78, 5) is 10.7. The van der Waals surface area contributed by atoms with Crippen LogP contribution in [0.1, 0.15) is 12.8 Å². The summed E-state index contributed by atoms with van der Waals surface area (Å²) in [7, 11) is 0. The molecular formula is C11H12BrNO2. The first-order valence-corrected chi connectivity index (χ1v) is 5.65. The van der Waals surface area contributed by atoms with Crippen LogP contribution in [0.15, 0.2) is 28.7 Å². The molecule has 2 atom stereocenters. The minimum absolute atomic E-state index is 0.159. The van der Waals surface area contributed by atoms with E-state index in [0.29, 0.717) is 12.3 Å². The Balaban J connectivity index is 1.87. The Morgan fingerprint density at radius 2 is 2.40 bits per heavy atom. The van der Waals surface area contributed by atoms with Crippen molar-refractivity contribution in [2.75, 3.05) is 0 Å². The highest BCUT2D eigenvalue weighted by Gasteiger charge is 2.40. The van der Waals surface area contributed by atoms with Crippen LogP contribution in [-0.2, 0) is 4.79 Å². The zero-order valence-electron chi connectivity index (χ0n) is 8.15. The maximum absolute atomic E-state index is 10.7. The number of benzene rings is 1. The molecule has 1 saturated carbocycles. The van der Waals surface area contributed by atoms with Gasteiger partial charge in [0.05, 0.1) is 0 Å². The van der Waals surface area contributed by atoms with Crippen molar-refractivity contribution in [3.63, 3.8) is 0 Å². The van der Waals surface area contributed by atoms with Crippen LogP contribution in [0.3, 0.4) is 0 Å². The number of hydrogen-bond acceptors (Lipinski definition) is 2. The third kappa shape index (κ3) is 2.96. The van der Waals surface area contributed by atoms with Crippen LogP contribution < -0.4 is 10.5 Å². The monoisotopic (exact) mass is 269 g/mol. The molecule has 0 aromatic heterocycles. The number of nitrogens with two attached hydrogens (primary N) is 1. The predicted octanol–water partition coefficient (Wildman–Crippen LogP) is 2.09. The molecule has 1 fully saturated rings. The quantitative estimate of drug-likeness (QED) is 0.910. The number of hydrogen-bond donors (Lipinski definition) is 1. The van der Waals surface area contributed by atoms with Gasteiger partial charge in [0, 0.05) is 16.8 Å². The molecule has 80 valence electrons. The van der Waals surface area contributed by atoms with Gasteiger partial charge in [-0.2, -0.15) is 0 Å². The minimum Gasteiger partial charge on any atom is -0.490 e. The summed E-state index contributed by atoms with van der Waals surface area (Å²) < 4.78 is 6.67. The van der Waals surface area contributed by atoms with Crippen molar-refractivity contribution in [3.8, 4) is 5.75 Å². The van der Waals surface area contributed by atoms with Gasteiger partial charge >= 0.3 is 0 Å². The molecular weight excluding hydrogens is 258 g/mol. The van der Waals surface area contributed by atoms with E-state index >= 15 is 0 Å². The molecule has 1 amide bonds. The zero-order valence-corrected chi connectivity index (χ0v) is 9.74. The molecule has 0 heterocycles. The molecule has 1 aliphatic rings. The minimum atomic E-state index is -0.250. The fourth-order valence-electron chi connectivity index (χ4n) is 1.55. The summed E-state index contributed by atoms with van der Waals surface area (Å²) in [5.41, 5.74) is 5.11. The van der Waals surface area contributed by atoms with Crippen LogP contribution in [0.2, 0.25) is 0 Å². The SMILES string of the molecule is NC(=O)CC1CC1Oc1cccc(Br)c1. The third-order valence-corrected chi connectivity index (χ3v) is 2.90. The highest BCUT2D eigenvalue weighted by atomic mass is 79.9. The standard InChI is InChI=1S/C11H12BrNO2/c12-8-2-1-3-9(6-8)15-10-4-7(10)5-11(13)14/h1-3,6-7,10H,4-5H2,(H2,13,14). The summed E-state index contributed by atoms with van der Waals surface area (Å²) in [6, 6.07) is 7.69. The summed E-state index contributed by atoms with van der Waals surface area (Å²) in [5.74, 6) is 0.892. The van der Waals surface area contributed by atoms with E-state index in [1.54, 1.807) is 0 Å². The lowest BCUT2D eigenvalue weighted by atomic mass is 10.3.